The minimum absolute atomic E-state index is 0.359. The zero-order chi connectivity index (χ0) is 14.7. The van der Waals surface area contributed by atoms with E-state index in [-0.39, 0.29) is 5.91 Å². The number of hydrogen-bond acceptors (Lipinski definition) is 2. The number of rotatable bonds is 4. The van der Waals surface area contributed by atoms with Gasteiger partial charge < -0.3 is 11.1 Å². The van der Waals surface area contributed by atoms with Crippen LogP contribution in [0.1, 0.15) is 54.6 Å². The zero-order valence-corrected chi connectivity index (χ0v) is 12.8. The number of carbonyl (C=O) groups is 1. The smallest absolute Gasteiger partial charge is 0.248 e. The topological polar surface area (TPSA) is 55.1 Å². The van der Waals surface area contributed by atoms with Gasteiger partial charge in [-0.05, 0) is 61.3 Å². The third-order valence-electron chi connectivity index (χ3n) is 4.39. The number of nitrogens with two attached hydrogens (primary N) is 1. The van der Waals surface area contributed by atoms with Crippen molar-refractivity contribution in [2.45, 2.75) is 52.6 Å². The van der Waals surface area contributed by atoms with Crippen LogP contribution >= 0.6 is 0 Å². The Kier molecular flexibility index (Phi) is 4.81. The van der Waals surface area contributed by atoms with Crippen molar-refractivity contribution in [3.8, 4) is 0 Å². The van der Waals surface area contributed by atoms with Crippen molar-refractivity contribution >= 4 is 5.91 Å². The van der Waals surface area contributed by atoms with E-state index in [0.717, 1.165) is 23.9 Å². The first-order valence-electron chi connectivity index (χ1n) is 7.58. The summed E-state index contributed by atoms with van der Waals surface area (Å²) in [5.74, 6) is 1.27. The van der Waals surface area contributed by atoms with Crippen LogP contribution in [-0.4, -0.2) is 11.9 Å². The van der Waals surface area contributed by atoms with Gasteiger partial charge in [0.2, 0.25) is 5.91 Å². The molecule has 1 saturated carbocycles. The maximum atomic E-state index is 11.1. The molecule has 3 N–H and O–H groups in total. The number of benzene rings is 1. The maximum Gasteiger partial charge on any atom is 0.248 e. The fourth-order valence-corrected chi connectivity index (χ4v) is 3.42. The zero-order valence-electron chi connectivity index (χ0n) is 12.8. The summed E-state index contributed by atoms with van der Waals surface area (Å²) in [6, 6.07) is 6.33. The van der Waals surface area contributed by atoms with Gasteiger partial charge in [0.05, 0.1) is 0 Å². The van der Waals surface area contributed by atoms with Gasteiger partial charge in [-0.2, -0.15) is 0 Å². The Morgan fingerprint density at radius 1 is 1.25 bits per heavy atom. The quantitative estimate of drug-likeness (QED) is 0.886. The Bertz CT molecular complexity index is 474. The van der Waals surface area contributed by atoms with Gasteiger partial charge in [-0.3, -0.25) is 4.79 Å². The number of aryl methyl sites for hydroxylation is 1. The number of nitrogens with one attached hydrogen (secondary N) is 1. The van der Waals surface area contributed by atoms with Crippen LogP contribution in [0.15, 0.2) is 18.2 Å². The highest BCUT2D eigenvalue weighted by Crippen LogP contribution is 2.28. The molecule has 2 rings (SSSR count). The SMILES string of the molecule is Cc1cc(C(N)=O)ccc1CNC1CC(C)CC(C)C1. The predicted octanol–water partition coefficient (Wildman–Crippen LogP) is 3.01. The van der Waals surface area contributed by atoms with Gasteiger partial charge in [0.15, 0.2) is 0 Å². The molecule has 3 heteroatoms. The molecule has 0 heterocycles. The highest BCUT2D eigenvalue weighted by atomic mass is 16.1. The van der Waals surface area contributed by atoms with Gasteiger partial charge in [0.1, 0.15) is 0 Å². The highest BCUT2D eigenvalue weighted by molar-refractivity contribution is 5.93. The Labute approximate surface area is 121 Å². The molecule has 1 aliphatic carbocycles. The normalized spacial score (nSPS) is 26.4. The van der Waals surface area contributed by atoms with Crippen LogP contribution in [0.5, 0.6) is 0 Å². The Morgan fingerprint density at radius 2 is 1.90 bits per heavy atom. The molecule has 1 fully saturated rings. The lowest BCUT2D eigenvalue weighted by molar-refractivity contribution is 0.1000. The van der Waals surface area contributed by atoms with Crippen molar-refractivity contribution in [1.29, 1.82) is 0 Å². The Balaban J connectivity index is 1.95. The van der Waals surface area contributed by atoms with Crippen molar-refractivity contribution in [1.82, 2.24) is 5.32 Å². The number of primary amides is 1. The number of carbonyl (C=O) groups excluding carboxylic acids is 1. The number of hydrogen-bond donors (Lipinski definition) is 2. The fourth-order valence-electron chi connectivity index (χ4n) is 3.42. The van der Waals surface area contributed by atoms with Gasteiger partial charge in [-0.1, -0.05) is 19.9 Å². The van der Waals surface area contributed by atoms with Crippen LogP contribution in [0.3, 0.4) is 0 Å². The van der Waals surface area contributed by atoms with Gasteiger partial charge in [0, 0.05) is 18.2 Å². The van der Waals surface area contributed by atoms with Crippen LogP contribution in [0, 0.1) is 18.8 Å². The third kappa shape index (κ3) is 3.83. The molecular weight excluding hydrogens is 248 g/mol. The fraction of sp³-hybridized carbons (Fsp3) is 0.588. The van der Waals surface area contributed by atoms with E-state index in [1.807, 2.05) is 25.1 Å². The van der Waals surface area contributed by atoms with Crippen molar-refractivity contribution in [3.05, 3.63) is 34.9 Å². The average Bonchev–Trinajstić information content (AvgIpc) is 2.36. The summed E-state index contributed by atoms with van der Waals surface area (Å²) in [4.78, 5) is 11.1. The summed E-state index contributed by atoms with van der Waals surface area (Å²) < 4.78 is 0. The molecule has 20 heavy (non-hydrogen) atoms. The second-order valence-electron chi connectivity index (χ2n) is 6.50. The summed E-state index contributed by atoms with van der Waals surface area (Å²) >= 11 is 0. The number of amides is 1. The summed E-state index contributed by atoms with van der Waals surface area (Å²) in [6.07, 6.45) is 3.88. The molecule has 0 saturated heterocycles. The second kappa shape index (κ2) is 6.40. The summed E-state index contributed by atoms with van der Waals surface area (Å²) in [5, 5.41) is 3.67. The standard InChI is InChI=1S/C17H26N2O/c1-11-6-12(2)8-16(7-11)19-10-15-5-4-14(17(18)20)9-13(15)3/h4-5,9,11-12,16,19H,6-8,10H2,1-3H3,(H2,18,20). The van der Waals surface area contributed by atoms with Gasteiger partial charge in [-0.15, -0.1) is 0 Å². The summed E-state index contributed by atoms with van der Waals surface area (Å²) in [6.45, 7) is 7.60. The molecular formula is C17H26N2O. The Hall–Kier alpha value is -1.35. The van der Waals surface area contributed by atoms with Crippen molar-refractivity contribution in [2.24, 2.45) is 17.6 Å². The van der Waals surface area contributed by atoms with Crippen molar-refractivity contribution in [2.75, 3.05) is 0 Å². The summed E-state index contributed by atoms with van der Waals surface area (Å²) in [5.41, 5.74) is 8.27. The second-order valence-corrected chi connectivity index (χ2v) is 6.50. The van der Waals surface area contributed by atoms with E-state index in [4.69, 9.17) is 5.73 Å². The molecule has 0 bridgehead atoms. The van der Waals surface area contributed by atoms with Gasteiger partial charge >= 0.3 is 0 Å². The molecule has 1 aliphatic rings. The van der Waals surface area contributed by atoms with E-state index in [9.17, 15) is 4.79 Å². The molecule has 0 aliphatic heterocycles. The minimum Gasteiger partial charge on any atom is -0.366 e. The van der Waals surface area contributed by atoms with Crippen LogP contribution < -0.4 is 11.1 Å². The molecule has 1 amide bonds. The lowest BCUT2D eigenvalue weighted by Crippen LogP contribution is -2.36. The van der Waals surface area contributed by atoms with E-state index >= 15 is 0 Å². The maximum absolute atomic E-state index is 11.1. The van der Waals surface area contributed by atoms with Crippen LogP contribution in [0.25, 0.3) is 0 Å². The third-order valence-corrected chi connectivity index (χ3v) is 4.39. The molecule has 2 unspecified atom stereocenters. The Morgan fingerprint density at radius 3 is 2.45 bits per heavy atom. The molecule has 0 spiro atoms. The highest BCUT2D eigenvalue weighted by Gasteiger charge is 2.23. The molecule has 1 aromatic carbocycles. The largest absolute Gasteiger partial charge is 0.366 e. The van der Waals surface area contributed by atoms with E-state index in [2.05, 4.69) is 19.2 Å². The molecule has 110 valence electrons. The van der Waals surface area contributed by atoms with Crippen LogP contribution in [0.4, 0.5) is 0 Å². The lowest BCUT2D eigenvalue weighted by Gasteiger charge is -2.32. The molecule has 3 nitrogen and oxygen atoms in total. The van der Waals surface area contributed by atoms with E-state index < -0.39 is 0 Å². The van der Waals surface area contributed by atoms with Crippen molar-refractivity contribution < 1.29 is 4.79 Å². The monoisotopic (exact) mass is 274 g/mol. The minimum atomic E-state index is -0.359. The molecule has 0 radical (unpaired) electrons. The first-order valence-corrected chi connectivity index (χ1v) is 7.58. The molecule has 2 atom stereocenters. The first kappa shape index (κ1) is 15.0. The van der Waals surface area contributed by atoms with E-state index in [1.165, 1.54) is 24.8 Å². The molecule has 1 aromatic rings. The summed E-state index contributed by atoms with van der Waals surface area (Å²) in [7, 11) is 0. The van der Waals surface area contributed by atoms with Crippen LogP contribution in [-0.2, 0) is 6.54 Å². The lowest BCUT2D eigenvalue weighted by atomic mass is 9.80. The average molecular weight is 274 g/mol. The van der Waals surface area contributed by atoms with Crippen molar-refractivity contribution in [3.63, 3.8) is 0 Å². The van der Waals surface area contributed by atoms with Crippen LogP contribution in [0.2, 0.25) is 0 Å². The van der Waals surface area contributed by atoms with E-state index in [0.29, 0.717) is 11.6 Å². The molecule has 0 aromatic heterocycles. The first-order chi connectivity index (χ1) is 9.45. The van der Waals surface area contributed by atoms with Gasteiger partial charge in [-0.25, -0.2) is 0 Å². The predicted molar refractivity (Wildman–Crippen MR) is 82.5 cm³/mol. The van der Waals surface area contributed by atoms with Gasteiger partial charge in [0.25, 0.3) is 0 Å². The van der Waals surface area contributed by atoms with E-state index in [1.54, 1.807) is 0 Å².